The molecule has 86 valence electrons. The summed E-state index contributed by atoms with van der Waals surface area (Å²) in [5.41, 5.74) is 0. The predicted molar refractivity (Wildman–Crippen MR) is 49.4 cm³/mol. The van der Waals surface area contributed by atoms with Crippen LogP contribution in [0, 0.1) is 0 Å². The van der Waals surface area contributed by atoms with Gasteiger partial charge in [0.25, 0.3) is 0 Å². The maximum Gasteiger partial charge on any atom is 0.133 e. The first-order chi connectivity index (χ1) is 6.41. The molecule has 0 saturated heterocycles. The Morgan fingerprint density at radius 1 is 0.929 bits per heavy atom. The fourth-order valence-corrected chi connectivity index (χ4v) is 1.00. The molecule has 5 unspecified atom stereocenters. The highest BCUT2D eigenvalue weighted by molar-refractivity contribution is 4.82. The van der Waals surface area contributed by atoms with E-state index >= 15 is 0 Å². The summed E-state index contributed by atoms with van der Waals surface area (Å²) in [6.45, 7) is 3.41. The van der Waals surface area contributed by atoms with Crippen molar-refractivity contribution in [1.82, 2.24) is 5.32 Å². The van der Waals surface area contributed by atoms with Gasteiger partial charge < -0.3 is 25.5 Å². The largest absolute Gasteiger partial charge is 0.391 e. The van der Waals surface area contributed by atoms with Gasteiger partial charge in [0.05, 0.1) is 6.10 Å². The Bertz CT molecular complexity index is 155. The van der Waals surface area contributed by atoms with Crippen LogP contribution in [0.2, 0.25) is 0 Å². The van der Waals surface area contributed by atoms with Crippen molar-refractivity contribution in [3.05, 3.63) is 0 Å². The van der Waals surface area contributed by atoms with Gasteiger partial charge in [-0.2, -0.15) is 0 Å². The minimum absolute atomic E-state index is 0.412. The zero-order valence-corrected chi connectivity index (χ0v) is 8.33. The Morgan fingerprint density at radius 2 is 1.43 bits per heavy atom. The van der Waals surface area contributed by atoms with Crippen LogP contribution in [-0.2, 0) is 0 Å². The topological polar surface area (TPSA) is 113 Å². The predicted octanol–water partition coefficient (Wildman–Crippen LogP) is -2.62. The summed E-state index contributed by atoms with van der Waals surface area (Å²) < 4.78 is 0. The lowest BCUT2D eigenvalue weighted by molar-refractivity contribution is -0.135. The van der Waals surface area contributed by atoms with Crippen molar-refractivity contribution in [3.63, 3.8) is 0 Å². The molecule has 0 aliphatic rings. The van der Waals surface area contributed by atoms with Gasteiger partial charge in [-0.3, -0.25) is 5.32 Å². The molecule has 0 aliphatic carbocycles. The monoisotopic (exact) mass is 209 g/mol. The number of aliphatic hydroxyl groups excluding tert-OH is 5. The number of nitrogens with one attached hydrogen (secondary N) is 1. The number of rotatable bonds is 6. The first kappa shape index (κ1) is 13.8. The molecule has 5 atom stereocenters. The molecule has 0 bridgehead atoms. The fraction of sp³-hybridized carbons (Fsp3) is 1.00. The van der Waals surface area contributed by atoms with E-state index in [0.717, 1.165) is 0 Å². The average Bonchev–Trinajstić information content (AvgIpc) is 2.14. The summed E-state index contributed by atoms with van der Waals surface area (Å²) in [5.74, 6) is 0. The molecule has 0 rings (SSSR count). The Labute approximate surface area is 82.8 Å². The van der Waals surface area contributed by atoms with E-state index < -0.39 is 30.6 Å². The normalized spacial score (nSPS) is 22.5. The zero-order chi connectivity index (χ0) is 11.3. The molecule has 0 heterocycles. The first-order valence-corrected chi connectivity index (χ1v) is 4.55. The summed E-state index contributed by atoms with van der Waals surface area (Å²) in [4.78, 5) is 0. The Balaban J connectivity index is 4.15. The summed E-state index contributed by atoms with van der Waals surface area (Å²) in [7, 11) is 0. The number of hydrogen-bond donors (Lipinski definition) is 6. The molecule has 6 nitrogen and oxygen atoms in total. The number of hydrogen-bond acceptors (Lipinski definition) is 6. The van der Waals surface area contributed by atoms with Gasteiger partial charge in [0, 0.05) is 0 Å². The summed E-state index contributed by atoms with van der Waals surface area (Å²) in [6, 6.07) is 0. The average molecular weight is 209 g/mol. The van der Waals surface area contributed by atoms with Crippen molar-refractivity contribution in [2.24, 2.45) is 0 Å². The second-order valence-electron chi connectivity index (χ2n) is 3.21. The molecule has 0 spiro atoms. The standard InChI is InChI=1S/C8H19NO5/c1-3-9-8(14)7(13)6(12)5(11)4(2)10/h4-14H,3H2,1-2H3. The van der Waals surface area contributed by atoms with Crippen LogP contribution in [0.15, 0.2) is 0 Å². The molecule has 0 radical (unpaired) electrons. The van der Waals surface area contributed by atoms with E-state index in [1.54, 1.807) is 6.92 Å². The third-order valence-electron chi connectivity index (χ3n) is 1.93. The van der Waals surface area contributed by atoms with Crippen LogP contribution in [-0.4, -0.2) is 62.7 Å². The molecule has 0 aromatic heterocycles. The van der Waals surface area contributed by atoms with Crippen LogP contribution in [0.1, 0.15) is 13.8 Å². The Kier molecular flexibility index (Phi) is 6.17. The smallest absolute Gasteiger partial charge is 0.133 e. The van der Waals surface area contributed by atoms with Crippen LogP contribution in [0.25, 0.3) is 0 Å². The summed E-state index contributed by atoms with van der Waals surface area (Å²) in [5, 5.41) is 48.4. The SMILES string of the molecule is CCNC(O)C(O)C(O)C(O)C(C)O. The zero-order valence-electron chi connectivity index (χ0n) is 8.33. The molecule has 0 aromatic rings. The minimum Gasteiger partial charge on any atom is -0.391 e. The molecule has 0 fully saturated rings. The first-order valence-electron chi connectivity index (χ1n) is 4.55. The van der Waals surface area contributed by atoms with E-state index in [1.165, 1.54) is 6.92 Å². The van der Waals surface area contributed by atoms with Crippen molar-refractivity contribution < 1.29 is 25.5 Å². The van der Waals surface area contributed by atoms with E-state index in [1.807, 2.05) is 0 Å². The fourth-order valence-electron chi connectivity index (χ4n) is 1.00. The second kappa shape index (κ2) is 6.28. The van der Waals surface area contributed by atoms with Gasteiger partial charge in [-0.05, 0) is 13.5 Å². The molecular weight excluding hydrogens is 190 g/mol. The van der Waals surface area contributed by atoms with Gasteiger partial charge in [-0.1, -0.05) is 6.92 Å². The van der Waals surface area contributed by atoms with E-state index in [4.69, 9.17) is 5.11 Å². The highest BCUT2D eigenvalue weighted by Gasteiger charge is 2.32. The van der Waals surface area contributed by atoms with E-state index in [-0.39, 0.29) is 0 Å². The van der Waals surface area contributed by atoms with Crippen LogP contribution in [0.5, 0.6) is 0 Å². The molecule has 0 saturated carbocycles. The molecule has 0 amide bonds. The maximum atomic E-state index is 9.30. The Morgan fingerprint density at radius 3 is 1.79 bits per heavy atom. The summed E-state index contributed by atoms with van der Waals surface area (Å²) >= 11 is 0. The van der Waals surface area contributed by atoms with Crippen molar-refractivity contribution in [2.45, 2.75) is 44.5 Å². The molecule has 0 aromatic carbocycles. The van der Waals surface area contributed by atoms with Crippen molar-refractivity contribution in [3.8, 4) is 0 Å². The van der Waals surface area contributed by atoms with Crippen molar-refractivity contribution in [1.29, 1.82) is 0 Å². The van der Waals surface area contributed by atoms with Gasteiger partial charge in [-0.15, -0.1) is 0 Å². The molecule has 14 heavy (non-hydrogen) atoms. The van der Waals surface area contributed by atoms with Crippen LogP contribution in [0.3, 0.4) is 0 Å². The van der Waals surface area contributed by atoms with Gasteiger partial charge in [-0.25, -0.2) is 0 Å². The molecule has 6 N–H and O–H groups in total. The molecule has 0 aliphatic heterocycles. The van der Waals surface area contributed by atoms with E-state index in [9.17, 15) is 20.4 Å². The summed E-state index contributed by atoms with van der Waals surface area (Å²) in [6.07, 6.45) is -7.13. The van der Waals surface area contributed by atoms with Gasteiger partial charge in [0.15, 0.2) is 0 Å². The maximum absolute atomic E-state index is 9.30. The van der Waals surface area contributed by atoms with Crippen LogP contribution < -0.4 is 5.32 Å². The Hall–Kier alpha value is -0.240. The quantitative estimate of drug-likeness (QED) is 0.267. The molecular formula is C8H19NO5. The number of likely N-dealkylation sites (N-methyl/N-ethyl adjacent to an activating group) is 1. The third-order valence-corrected chi connectivity index (χ3v) is 1.93. The minimum atomic E-state index is -1.59. The third kappa shape index (κ3) is 3.87. The van der Waals surface area contributed by atoms with Gasteiger partial charge >= 0.3 is 0 Å². The van der Waals surface area contributed by atoms with Gasteiger partial charge in [0.1, 0.15) is 24.5 Å². The molecule has 6 heteroatoms. The second-order valence-corrected chi connectivity index (χ2v) is 3.21. The van der Waals surface area contributed by atoms with E-state index in [0.29, 0.717) is 6.54 Å². The van der Waals surface area contributed by atoms with Gasteiger partial charge in [0.2, 0.25) is 0 Å². The van der Waals surface area contributed by atoms with E-state index in [2.05, 4.69) is 5.32 Å². The van der Waals surface area contributed by atoms with Crippen LogP contribution >= 0.6 is 0 Å². The number of aliphatic hydroxyl groups is 5. The lowest BCUT2D eigenvalue weighted by Gasteiger charge is -2.27. The van der Waals surface area contributed by atoms with Crippen molar-refractivity contribution >= 4 is 0 Å². The highest BCUT2D eigenvalue weighted by Crippen LogP contribution is 2.06. The van der Waals surface area contributed by atoms with Crippen molar-refractivity contribution in [2.75, 3.05) is 6.54 Å². The highest BCUT2D eigenvalue weighted by atomic mass is 16.4. The lowest BCUT2D eigenvalue weighted by atomic mass is 10.0. The van der Waals surface area contributed by atoms with Crippen LogP contribution in [0.4, 0.5) is 0 Å². The lowest BCUT2D eigenvalue weighted by Crippen LogP contribution is -2.52.